The molecule has 0 radical (unpaired) electrons. The molecule has 3 heterocycles. The monoisotopic (exact) mass is 599 g/mol. The molecule has 11 nitrogen and oxygen atoms in total. The van der Waals surface area contributed by atoms with Crippen molar-refractivity contribution in [3.8, 4) is 0 Å². The Bertz CT molecular complexity index is 1780. The summed E-state index contributed by atoms with van der Waals surface area (Å²) in [7, 11) is 0. The minimum Gasteiger partial charge on any atom is -0.464 e. The maximum Gasteiger partial charge on any atom is 0.303 e. The normalized spacial score (nSPS) is 23.0. The lowest BCUT2D eigenvalue weighted by Gasteiger charge is -2.44. The third kappa shape index (κ3) is 6.38. The molecule has 0 saturated carbocycles. The molecular weight excluding hydrogens is 565 g/mol. The predicted octanol–water partition coefficient (Wildman–Crippen LogP) is 4.37. The van der Waals surface area contributed by atoms with Crippen LogP contribution in [0.4, 0.5) is 4.39 Å². The average Bonchev–Trinajstić information content (AvgIpc) is 3.70. The summed E-state index contributed by atoms with van der Waals surface area (Å²) in [5, 5.41) is 1.04. The van der Waals surface area contributed by atoms with Crippen molar-refractivity contribution >= 4 is 45.7 Å². The summed E-state index contributed by atoms with van der Waals surface area (Å²) < 4.78 is 80.0. The van der Waals surface area contributed by atoms with Crippen LogP contribution in [0.15, 0.2) is 59.3 Å². The second kappa shape index (κ2) is 12.3. The summed E-state index contributed by atoms with van der Waals surface area (Å²) in [6.45, 7) is -3.95. The highest BCUT2D eigenvalue weighted by atomic mass is 19.1. The van der Waals surface area contributed by atoms with Gasteiger partial charge < -0.3 is 32.7 Å². The smallest absolute Gasteiger partial charge is 0.303 e. The fourth-order valence-electron chi connectivity index (χ4n) is 5.32. The van der Waals surface area contributed by atoms with E-state index in [9.17, 15) is 19.2 Å². The average molecular weight is 600 g/mol. The summed E-state index contributed by atoms with van der Waals surface area (Å²) in [6, 6.07) is 11.6. The first-order valence-corrected chi connectivity index (χ1v) is 13.0. The van der Waals surface area contributed by atoms with Gasteiger partial charge in [0.1, 0.15) is 24.1 Å². The lowest BCUT2D eigenvalue weighted by atomic mass is 9.97. The highest BCUT2D eigenvalue weighted by molar-refractivity contribution is 5.86. The van der Waals surface area contributed by atoms with E-state index in [1.165, 1.54) is 16.7 Å². The van der Waals surface area contributed by atoms with E-state index in [-0.39, 0.29) is 17.3 Å². The van der Waals surface area contributed by atoms with Crippen molar-refractivity contribution in [1.82, 2.24) is 4.57 Å². The molecule has 0 bridgehead atoms. The zero-order valence-electron chi connectivity index (χ0n) is 26.7. The van der Waals surface area contributed by atoms with Crippen molar-refractivity contribution in [2.45, 2.75) is 64.7 Å². The van der Waals surface area contributed by atoms with E-state index in [2.05, 4.69) is 0 Å². The van der Waals surface area contributed by atoms with Gasteiger partial charge in [-0.25, -0.2) is 4.39 Å². The Morgan fingerprint density at radius 3 is 2.37 bits per heavy atom. The van der Waals surface area contributed by atoms with Crippen LogP contribution in [0.2, 0.25) is 0 Å². The number of esters is 4. The number of halogens is 1. The second-order valence-corrected chi connectivity index (χ2v) is 9.78. The van der Waals surface area contributed by atoms with Gasteiger partial charge in [0.2, 0.25) is 0 Å². The first-order chi connectivity index (χ1) is 22.7. The number of fused-ring (bicyclic) bond motifs is 2. The van der Waals surface area contributed by atoms with E-state index in [0.717, 1.165) is 10.9 Å². The summed E-state index contributed by atoms with van der Waals surface area (Å²) in [5.74, 6) is -4.79. The van der Waals surface area contributed by atoms with Gasteiger partial charge in [-0.3, -0.25) is 19.2 Å². The molecule has 1 unspecified atom stereocenters. The molecule has 226 valence electrons. The highest BCUT2D eigenvalue weighted by Crippen LogP contribution is 2.38. The number of hydrogen-bond donors (Lipinski definition) is 0. The number of hydrogen-bond acceptors (Lipinski definition) is 10. The Balaban J connectivity index is 1.65. The Morgan fingerprint density at radius 2 is 1.63 bits per heavy atom. The molecule has 0 aliphatic carbocycles. The topological polar surface area (TPSA) is 133 Å². The van der Waals surface area contributed by atoms with Crippen molar-refractivity contribution in [3.63, 3.8) is 0 Å². The van der Waals surface area contributed by atoms with Crippen LogP contribution in [0.5, 0.6) is 0 Å². The van der Waals surface area contributed by atoms with Gasteiger partial charge in [0.05, 0.1) is 11.8 Å². The zero-order chi connectivity index (χ0) is 33.7. The molecule has 4 aromatic rings. The molecule has 0 spiro atoms. The molecule has 1 aliphatic heterocycles. The maximum atomic E-state index is 15.5. The van der Waals surface area contributed by atoms with Gasteiger partial charge in [0, 0.05) is 50.1 Å². The fraction of sp³-hybridized carbons (Fsp3) is 0.355. The van der Waals surface area contributed by atoms with Crippen molar-refractivity contribution in [1.29, 1.82) is 0 Å². The van der Waals surface area contributed by atoms with Crippen molar-refractivity contribution < 1.29 is 57.2 Å². The van der Waals surface area contributed by atoms with Gasteiger partial charge in [-0.05, 0) is 47.9 Å². The number of carbonyl (C=O) groups excluding carboxylic acids is 4. The van der Waals surface area contributed by atoms with Crippen LogP contribution < -0.4 is 0 Å². The first kappa shape index (κ1) is 24.8. The van der Waals surface area contributed by atoms with E-state index in [4.69, 9.17) is 33.6 Å². The van der Waals surface area contributed by atoms with Crippen molar-refractivity contribution in [2.24, 2.45) is 0 Å². The Labute approximate surface area is 251 Å². The van der Waals surface area contributed by atoms with E-state index >= 15 is 4.39 Å². The number of rotatable bonds is 8. The van der Waals surface area contributed by atoms with Gasteiger partial charge >= 0.3 is 23.9 Å². The molecule has 5 atom stereocenters. The third-order valence-corrected chi connectivity index (χ3v) is 6.89. The van der Waals surface area contributed by atoms with Crippen LogP contribution in [0, 0.1) is 5.82 Å². The van der Waals surface area contributed by atoms with Gasteiger partial charge in [-0.15, -0.1) is 0 Å². The molecule has 1 fully saturated rings. The molecule has 0 amide bonds. The lowest BCUT2D eigenvalue weighted by molar-refractivity contribution is -0.267. The molecule has 0 N–H and O–H groups in total. The molecule has 1 aliphatic rings. The summed E-state index contributed by atoms with van der Waals surface area (Å²) in [4.78, 5) is 49.4. The van der Waals surface area contributed by atoms with Crippen LogP contribution in [0.3, 0.4) is 0 Å². The molecule has 43 heavy (non-hydrogen) atoms. The molecule has 2 aromatic heterocycles. The summed E-state index contributed by atoms with van der Waals surface area (Å²) >= 11 is 0. The van der Waals surface area contributed by atoms with E-state index in [1.807, 2.05) is 12.1 Å². The largest absolute Gasteiger partial charge is 0.464 e. The Morgan fingerprint density at radius 1 is 0.907 bits per heavy atom. The molecule has 12 heteroatoms. The van der Waals surface area contributed by atoms with E-state index in [1.54, 1.807) is 30.7 Å². The van der Waals surface area contributed by atoms with E-state index in [0.29, 0.717) is 11.1 Å². The highest BCUT2D eigenvalue weighted by Gasteiger charge is 2.53. The Kier molecular flexibility index (Phi) is 7.08. The molecule has 1 saturated heterocycles. The molecule has 5 rings (SSSR count). The minimum atomic E-state index is -1.68. The minimum absolute atomic E-state index is 0.202. The number of carbonyl (C=O) groups is 4. The predicted molar refractivity (Wildman–Crippen MR) is 148 cm³/mol. The number of nitrogens with zero attached hydrogens (tertiary/aromatic N) is 1. The van der Waals surface area contributed by atoms with E-state index < -0.39 is 94.5 Å². The second-order valence-electron chi connectivity index (χ2n) is 9.78. The van der Waals surface area contributed by atoms with Crippen molar-refractivity contribution in [3.05, 3.63) is 71.9 Å². The molecule has 2 aromatic carbocycles. The van der Waals surface area contributed by atoms with Crippen LogP contribution in [0.1, 0.15) is 50.4 Å². The SMILES string of the molecule is [2H]CC(=O)OC[C@H]1OC(n2cc(Cc3ccc4occc4c3)c3c(F)cccc32)[C@H](OC(=O)C[2H])[C@@H](OC(=O)C[2H])[C@@H]1OC(=O)C[2H]. The summed E-state index contributed by atoms with van der Waals surface area (Å²) in [6.07, 6.45) is -4.46. The Hall–Kier alpha value is -4.71. The quantitative estimate of drug-likeness (QED) is 0.212. The summed E-state index contributed by atoms with van der Waals surface area (Å²) in [5.41, 5.74) is 2.25. The number of ether oxygens (including phenoxy) is 5. The van der Waals surface area contributed by atoms with Gasteiger partial charge in [-0.2, -0.15) is 0 Å². The van der Waals surface area contributed by atoms with Crippen molar-refractivity contribution in [2.75, 3.05) is 6.61 Å². The maximum absolute atomic E-state index is 15.5. The fourth-order valence-corrected chi connectivity index (χ4v) is 5.32. The van der Waals surface area contributed by atoms with Crippen LogP contribution >= 0.6 is 0 Å². The zero-order valence-corrected chi connectivity index (χ0v) is 22.7. The molecular formula is C31H30FNO10. The number of benzene rings is 2. The van der Waals surface area contributed by atoms with Crippen LogP contribution in [-0.2, 0) is 49.3 Å². The van der Waals surface area contributed by atoms with Gasteiger partial charge in [0.25, 0.3) is 0 Å². The van der Waals surface area contributed by atoms with Crippen LogP contribution in [-0.4, -0.2) is 59.5 Å². The van der Waals surface area contributed by atoms with Gasteiger partial charge in [0.15, 0.2) is 24.5 Å². The lowest BCUT2D eigenvalue weighted by Crippen LogP contribution is -2.60. The van der Waals surface area contributed by atoms with Crippen LogP contribution in [0.25, 0.3) is 21.9 Å². The number of furan rings is 1. The number of aromatic nitrogens is 1. The van der Waals surface area contributed by atoms with Gasteiger partial charge in [-0.1, -0.05) is 12.1 Å². The first-order valence-electron chi connectivity index (χ1n) is 15.8. The third-order valence-electron chi connectivity index (χ3n) is 6.89. The standard InChI is InChI=1S/C31H30FNO10/c1-16(34)39-15-26-28(40-17(2)35)29(41-18(3)36)30(42-19(4)37)31(43-26)33-14-22(27-23(32)6-5-7-24(27)33)13-20-8-9-25-21(12-20)10-11-38-25/h5-12,14,26,28-31H,13,15H2,1-4H3/t26-,28-,29+,30-,31?/m1/s1/i1D,2D,3D,4D.